The average molecular weight is 180 g/mol. The first-order valence-corrected chi connectivity index (χ1v) is 4.35. The highest BCUT2D eigenvalue weighted by Gasteiger charge is 2.27. The van der Waals surface area contributed by atoms with Gasteiger partial charge in [-0.15, -0.1) is 0 Å². The SMILES string of the molecule is NC1CC(NC(=O)c2ccco2)C1. The summed E-state index contributed by atoms with van der Waals surface area (Å²) < 4.78 is 4.95. The Morgan fingerprint density at radius 1 is 1.62 bits per heavy atom. The van der Waals surface area contributed by atoms with Gasteiger partial charge in [0.25, 0.3) is 5.91 Å². The van der Waals surface area contributed by atoms with Gasteiger partial charge in [-0.1, -0.05) is 0 Å². The molecule has 2 rings (SSSR count). The molecular formula is C9H12N2O2. The summed E-state index contributed by atoms with van der Waals surface area (Å²) in [7, 11) is 0. The topological polar surface area (TPSA) is 68.3 Å². The van der Waals surface area contributed by atoms with E-state index < -0.39 is 0 Å². The van der Waals surface area contributed by atoms with Crippen molar-refractivity contribution < 1.29 is 9.21 Å². The van der Waals surface area contributed by atoms with Crippen molar-refractivity contribution >= 4 is 5.91 Å². The zero-order valence-electron chi connectivity index (χ0n) is 7.19. The first-order valence-electron chi connectivity index (χ1n) is 4.35. The summed E-state index contributed by atoms with van der Waals surface area (Å²) in [6, 6.07) is 3.82. The summed E-state index contributed by atoms with van der Waals surface area (Å²) in [5.41, 5.74) is 5.59. The molecule has 1 aliphatic carbocycles. The van der Waals surface area contributed by atoms with Gasteiger partial charge >= 0.3 is 0 Å². The minimum Gasteiger partial charge on any atom is -0.459 e. The van der Waals surface area contributed by atoms with Crippen LogP contribution < -0.4 is 11.1 Å². The smallest absolute Gasteiger partial charge is 0.287 e. The van der Waals surface area contributed by atoms with E-state index in [2.05, 4.69) is 5.32 Å². The summed E-state index contributed by atoms with van der Waals surface area (Å²) in [6.45, 7) is 0. The predicted molar refractivity (Wildman–Crippen MR) is 47.2 cm³/mol. The zero-order chi connectivity index (χ0) is 9.26. The van der Waals surface area contributed by atoms with Crippen molar-refractivity contribution in [2.75, 3.05) is 0 Å². The predicted octanol–water partition coefficient (Wildman–Crippen LogP) is 0.499. The van der Waals surface area contributed by atoms with Crippen LogP contribution in [0.4, 0.5) is 0 Å². The summed E-state index contributed by atoms with van der Waals surface area (Å²) in [5, 5.41) is 2.84. The lowest BCUT2D eigenvalue weighted by Crippen LogP contribution is -2.50. The van der Waals surface area contributed by atoms with Gasteiger partial charge < -0.3 is 15.5 Å². The van der Waals surface area contributed by atoms with E-state index in [-0.39, 0.29) is 18.0 Å². The first-order chi connectivity index (χ1) is 6.25. The highest BCUT2D eigenvalue weighted by atomic mass is 16.3. The number of nitrogens with two attached hydrogens (primary N) is 1. The number of hydrogen-bond donors (Lipinski definition) is 2. The fourth-order valence-corrected chi connectivity index (χ4v) is 1.44. The van der Waals surface area contributed by atoms with Crippen molar-refractivity contribution in [2.24, 2.45) is 5.73 Å². The van der Waals surface area contributed by atoms with Crippen LogP contribution in [0.3, 0.4) is 0 Å². The van der Waals surface area contributed by atoms with Crippen LogP contribution in [0.25, 0.3) is 0 Å². The van der Waals surface area contributed by atoms with E-state index in [9.17, 15) is 4.79 Å². The van der Waals surface area contributed by atoms with Crippen molar-refractivity contribution in [3.05, 3.63) is 24.2 Å². The van der Waals surface area contributed by atoms with Gasteiger partial charge in [0.05, 0.1) is 6.26 Å². The van der Waals surface area contributed by atoms with Crippen molar-refractivity contribution in [3.8, 4) is 0 Å². The number of carbonyl (C=O) groups excluding carboxylic acids is 1. The van der Waals surface area contributed by atoms with Crippen LogP contribution in [0, 0.1) is 0 Å². The van der Waals surface area contributed by atoms with Crippen molar-refractivity contribution in [1.29, 1.82) is 0 Å². The molecule has 0 aliphatic heterocycles. The second-order valence-corrected chi connectivity index (χ2v) is 3.38. The number of carbonyl (C=O) groups is 1. The molecule has 0 aromatic carbocycles. The fourth-order valence-electron chi connectivity index (χ4n) is 1.44. The Balaban J connectivity index is 1.86. The average Bonchev–Trinajstić information content (AvgIpc) is 2.53. The second-order valence-electron chi connectivity index (χ2n) is 3.38. The standard InChI is InChI=1S/C9H12N2O2/c10-6-4-7(5-6)11-9(12)8-2-1-3-13-8/h1-3,6-7H,4-5,10H2,(H,11,12). The lowest BCUT2D eigenvalue weighted by Gasteiger charge is -2.32. The minimum absolute atomic E-state index is 0.151. The third kappa shape index (κ3) is 1.72. The summed E-state index contributed by atoms with van der Waals surface area (Å²) in [6.07, 6.45) is 3.22. The number of rotatable bonds is 2. The number of amides is 1. The molecule has 13 heavy (non-hydrogen) atoms. The monoisotopic (exact) mass is 180 g/mol. The number of hydrogen-bond acceptors (Lipinski definition) is 3. The van der Waals surface area contributed by atoms with Crippen LogP contribution in [-0.2, 0) is 0 Å². The summed E-state index contributed by atoms with van der Waals surface area (Å²) in [5.74, 6) is 0.211. The van der Waals surface area contributed by atoms with Crippen LogP contribution >= 0.6 is 0 Å². The molecule has 3 N–H and O–H groups in total. The molecule has 1 aromatic heterocycles. The molecule has 1 aliphatic rings. The highest BCUT2D eigenvalue weighted by molar-refractivity contribution is 5.91. The first kappa shape index (κ1) is 8.31. The molecule has 1 aromatic rings. The lowest BCUT2D eigenvalue weighted by molar-refractivity contribution is 0.0882. The molecule has 0 atom stereocenters. The Hall–Kier alpha value is -1.29. The van der Waals surface area contributed by atoms with Crippen molar-refractivity contribution in [3.63, 3.8) is 0 Å². The van der Waals surface area contributed by atoms with Gasteiger partial charge in [0.15, 0.2) is 5.76 Å². The van der Waals surface area contributed by atoms with E-state index in [1.165, 1.54) is 6.26 Å². The molecule has 1 amide bonds. The van der Waals surface area contributed by atoms with Gasteiger partial charge in [-0.05, 0) is 25.0 Å². The third-order valence-corrected chi connectivity index (χ3v) is 2.25. The van der Waals surface area contributed by atoms with Crippen LogP contribution in [0.15, 0.2) is 22.8 Å². The molecule has 4 heteroatoms. The molecule has 0 unspecified atom stereocenters. The maximum absolute atomic E-state index is 11.4. The summed E-state index contributed by atoms with van der Waals surface area (Å²) >= 11 is 0. The van der Waals surface area contributed by atoms with Gasteiger partial charge in [-0.2, -0.15) is 0 Å². The molecule has 4 nitrogen and oxygen atoms in total. The third-order valence-electron chi connectivity index (χ3n) is 2.25. The van der Waals surface area contributed by atoms with Gasteiger partial charge in [0.2, 0.25) is 0 Å². The second kappa shape index (κ2) is 3.22. The molecular weight excluding hydrogens is 168 g/mol. The normalized spacial score (nSPS) is 26.5. The molecule has 1 fully saturated rings. The summed E-state index contributed by atoms with van der Waals surface area (Å²) in [4.78, 5) is 11.4. The minimum atomic E-state index is -0.151. The van der Waals surface area contributed by atoms with Crippen LogP contribution in [-0.4, -0.2) is 18.0 Å². The fraction of sp³-hybridized carbons (Fsp3) is 0.444. The van der Waals surface area contributed by atoms with Gasteiger partial charge in [0, 0.05) is 12.1 Å². The molecule has 0 saturated heterocycles. The van der Waals surface area contributed by atoms with E-state index in [0.29, 0.717) is 5.76 Å². The largest absolute Gasteiger partial charge is 0.459 e. The Kier molecular flexibility index (Phi) is 2.06. The Morgan fingerprint density at radius 2 is 2.38 bits per heavy atom. The molecule has 1 saturated carbocycles. The van der Waals surface area contributed by atoms with Gasteiger partial charge in [0.1, 0.15) is 0 Å². The van der Waals surface area contributed by atoms with Crippen LogP contribution in [0.5, 0.6) is 0 Å². The molecule has 70 valence electrons. The molecule has 1 heterocycles. The zero-order valence-corrected chi connectivity index (χ0v) is 7.19. The highest BCUT2D eigenvalue weighted by Crippen LogP contribution is 2.17. The Morgan fingerprint density at radius 3 is 2.92 bits per heavy atom. The van der Waals surface area contributed by atoms with E-state index in [0.717, 1.165) is 12.8 Å². The molecule has 0 bridgehead atoms. The van der Waals surface area contributed by atoms with E-state index >= 15 is 0 Å². The maximum Gasteiger partial charge on any atom is 0.287 e. The number of furan rings is 1. The van der Waals surface area contributed by atoms with Crippen LogP contribution in [0.1, 0.15) is 23.4 Å². The van der Waals surface area contributed by atoms with Gasteiger partial charge in [-0.25, -0.2) is 0 Å². The lowest BCUT2D eigenvalue weighted by atomic mass is 9.87. The Bertz CT molecular complexity index is 289. The van der Waals surface area contributed by atoms with Gasteiger partial charge in [-0.3, -0.25) is 4.79 Å². The van der Waals surface area contributed by atoms with E-state index in [1.807, 2.05) is 0 Å². The maximum atomic E-state index is 11.4. The van der Waals surface area contributed by atoms with Crippen molar-refractivity contribution in [2.45, 2.75) is 24.9 Å². The number of nitrogens with one attached hydrogen (secondary N) is 1. The van der Waals surface area contributed by atoms with Crippen LogP contribution in [0.2, 0.25) is 0 Å². The van der Waals surface area contributed by atoms with E-state index in [1.54, 1.807) is 12.1 Å². The molecule has 0 radical (unpaired) electrons. The molecule has 0 spiro atoms. The van der Waals surface area contributed by atoms with E-state index in [4.69, 9.17) is 10.2 Å². The quantitative estimate of drug-likeness (QED) is 0.696. The van der Waals surface area contributed by atoms with Crippen molar-refractivity contribution in [1.82, 2.24) is 5.32 Å². The Labute approximate surface area is 76.1 Å².